The Morgan fingerprint density at radius 1 is 0.471 bits per heavy atom. The number of ether oxygens (including phenoxy) is 6. The molecule has 0 aliphatic rings. The second-order valence-corrected chi connectivity index (χ2v) is 18.6. The highest BCUT2D eigenvalue weighted by Gasteiger charge is 2.24. The number of rotatable bonds is 19. The average Bonchev–Trinajstić information content (AvgIpc) is 4.50. The van der Waals surface area contributed by atoms with Crippen molar-refractivity contribution in [3.8, 4) is 90.8 Å². The number of Topliss-reactive ketones (excluding diaryl/α,β-unsaturated/α-hetero) is 1. The van der Waals surface area contributed by atoms with E-state index in [9.17, 15) is 29.9 Å². The minimum atomic E-state index is -0.535. The minimum absolute atomic E-state index is 0. The predicted octanol–water partition coefficient (Wildman–Crippen LogP) is 15.7. The van der Waals surface area contributed by atoms with Gasteiger partial charge in [-0.2, -0.15) is 0 Å². The molecule has 0 aliphatic heterocycles. The van der Waals surface area contributed by atoms with Gasteiger partial charge < -0.3 is 48.6 Å². The summed E-state index contributed by atoms with van der Waals surface area (Å²) in [5, 5.41) is 29.9. The molecule has 1 atom stereocenters. The molecular formula is C70H69N3O12. The van der Waals surface area contributed by atoms with Crippen LogP contribution in [0.3, 0.4) is 0 Å². The maximum atomic E-state index is 12.4. The molecule has 10 aromatic rings. The van der Waals surface area contributed by atoms with E-state index in [1.54, 1.807) is 107 Å². The first-order valence-electron chi connectivity index (χ1n) is 26.5. The van der Waals surface area contributed by atoms with Crippen LogP contribution in [0.4, 0.5) is 0 Å². The van der Waals surface area contributed by atoms with Gasteiger partial charge in [0.15, 0.2) is 57.6 Å². The monoisotopic (exact) mass is 1140 g/mol. The van der Waals surface area contributed by atoms with E-state index < -0.39 is 10.8 Å². The van der Waals surface area contributed by atoms with Crippen molar-refractivity contribution in [1.29, 1.82) is 0 Å². The summed E-state index contributed by atoms with van der Waals surface area (Å²) in [4.78, 5) is 41.5. The highest BCUT2D eigenvalue weighted by Crippen LogP contribution is 2.36. The summed E-state index contributed by atoms with van der Waals surface area (Å²) in [6.07, 6.45) is 7.26. The number of aromatic nitrogens is 2. The van der Waals surface area contributed by atoms with Gasteiger partial charge in [0, 0.05) is 46.3 Å². The normalized spacial score (nSPS) is 10.7. The van der Waals surface area contributed by atoms with E-state index in [1.807, 2.05) is 128 Å². The van der Waals surface area contributed by atoms with Crippen LogP contribution in [0.2, 0.25) is 0 Å². The third-order valence-corrected chi connectivity index (χ3v) is 13.2. The number of phenolic OH excluding ortho intramolecular Hbond substituents is 2. The summed E-state index contributed by atoms with van der Waals surface area (Å²) in [6.45, 7) is -0.325. The number of phenols is 2. The summed E-state index contributed by atoms with van der Waals surface area (Å²) >= 11 is 0. The van der Waals surface area contributed by atoms with E-state index in [0.717, 1.165) is 56.3 Å². The van der Waals surface area contributed by atoms with Gasteiger partial charge in [-0.25, -0.2) is 0 Å². The zero-order valence-corrected chi connectivity index (χ0v) is 47.4. The highest BCUT2D eigenvalue weighted by atomic mass is 16.6. The maximum absolute atomic E-state index is 12.4. The van der Waals surface area contributed by atoms with E-state index in [0.29, 0.717) is 39.7 Å². The molecule has 0 saturated heterocycles. The fraction of sp³-hybridized carbons (Fsp3) is 0.143. The molecule has 0 radical (unpaired) electrons. The Balaban J connectivity index is 0.000000181. The molecule has 4 N–H and O–H groups in total. The van der Waals surface area contributed by atoms with Gasteiger partial charge in [0.2, 0.25) is 6.54 Å². The minimum Gasteiger partial charge on any atom is -0.504 e. The molecule has 15 nitrogen and oxygen atoms in total. The van der Waals surface area contributed by atoms with Crippen LogP contribution >= 0.6 is 0 Å². The van der Waals surface area contributed by atoms with Gasteiger partial charge in [-0.3, -0.25) is 19.7 Å². The fourth-order valence-electron chi connectivity index (χ4n) is 8.78. The number of allylic oxidation sites excluding steroid dienone is 1. The number of ketones is 2. The Kier molecular flexibility index (Phi) is 23.9. The fourth-order valence-corrected chi connectivity index (χ4v) is 8.78. The van der Waals surface area contributed by atoms with Crippen molar-refractivity contribution in [1.82, 2.24) is 9.97 Å². The number of H-pyrrole nitrogens is 2. The molecule has 15 heteroatoms. The Morgan fingerprint density at radius 3 is 1.40 bits per heavy atom. The van der Waals surface area contributed by atoms with Gasteiger partial charge in [0.05, 0.1) is 48.6 Å². The predicted molar refractivity (Wildman–Crippen MR) is 335 cm³/mol. The van der Waals surface area contributed by atoms with Gasteiger partial charge in [-0.1, -0.05) is 159 Å². The molecule has 8 aromatic carbocycles. The Labute approximate surface area is 495 Å². The number of carbonyl (C=O) groups is 2. The number of methoxy groups -OCH3 is 6. The van der Waals surface area contributed by atoms with Crippen molar-refractivity contribution in [3.05, 3.63) is 257 Å². The molecule has 436 valence electrons. The molecule has 0 saturated carbocycles. The number of aromatic amines is 2. The third-order valence-electron chi connectivity index (χ3n) is 13.2. The lowest BCUT2D eigenvalue weighted by Crippen LogP contribution is -2.17. The van der Waals surface area contributed by atoms with Gasteiger partial charge >= 0.3 is 0 Å². The quantitative estimate of drug-likeness (QED) is 0.0196. The lowest BCUT2D eigenvalue weighted by Gasteiger charge is -2.15. The van der Waals surface area contributed by atoms with E-state index >= 15 is 0 Å². The molecule has 2 aromatic heterocycles. The summed E-state index contributed by atoms with van der Waals surface area (Å²) in [6, 6.07) is 63.7. The molecule has 0 amide bonds. The topological polar surface area (TPSA) is 205 Å². The number of carbonyl (C=O) groups excluding carboxylic acids is 2. The first-order chi connectivity index (χ1) is 40.8. The van der Waals surface area contributed by atoms with Crippen LogP contribution in [0.5, 0.6) is 46.0 Å². The van der Waals surface area contributed by atoms with E-state index in [-0.39, 0.29) is 43.5 Å². The molecule has 0 spiro atoms. The number of benzene rings is 8. The van der Waals surface area contributed by atoms with Crippen molar-refractivity contribution < 1.29 is 53.1 Å². The summed E-state index contributed by atoms with van der Waals surface area (Å²) in [5.41, 5.74) is 11.2. The first kappa shape index (κ1) is 63.4. The van der Waals surface area contributed by atoms with Gasteiger partial charge in [0.25, 0.3) is 0 Å². The largest absolute Gasteiger partial charge is 0.504 e. The zero-order valence-electron chi connectivity index (χ0n) is 47.4. The zero-order chi connectivity index (χ0) is 59.8. The number of hydrogen-bond donors (Lipinski definition) is 4. The molecule has 2 heterocycles. The number of nitro groups is 1. The second-order valence-electron chi connectivity index (χ2n) is 18.6. The van der Waals surface area contributed by atoms with Crippen LogP contribution in [-0.2, 0) is 0 Å². The van der Waals surface area contributed by atoms with E-state index in [1.165, 1.54) is 25.8 Å². The Bertz CT molecular complexity index is 3750. The van der Waals surface area contributed by atoms with Crippen LogP contribution in [0.1, 0.15) is 51.6 Å². The van der Waals surface area contributed by atoms with E-state index in [2.05, 4.69) is 28.2 Å². The average molecular weight is 1140 g/mol. The Morgan fingerprint density at radius 2 is 0.906 bits per heavy atom. The number of nitrogens with zero attached hydrogens (tertiary/aromatic N) is 1. The number of nitrogens with one attached hydrogen (secondary N) is 2. The maximum Gasteiger partial charge on any atom is 0.211 e. The van der Waals surface area contributed by atoms with Gasteiger partial charge in [-0.15, -0.1) is 0 Å². The van der Waals surface area contributed by atoms with Gasteiger partial charge in [0.1, 0.15) is 0 Å². The van der Waals surface area contributed by atoms with Crippen LogP contribution in [0.25, 0.3) is 50.8 Å². The molecular weight excluding hydrogens is 1070 g/mol. The lowest BCUT2D eigenvalue weighted by atomic mass is 9.91. The van der Waals surface area contributed by atoms with E-state index in [4.69, 9.17) is 28.4 Å². The van der Waals surface area contributed by atoms with Crippen molar-refractivity contribution in [3.63, 3.8) is 0 Å². The van der Waals surface area contributed by atoms with Crippen molar-refractivity contribution in [2.24, 2.45) is 0 Å². The molecule has 85 heavy (non-hydrogen) atoms. The molecule has 1 unspecified atom stereocenters. The number of hydrogen-bond acceptors (Lipinski definition) is 12. The van der Waals surface area contributed by atoms with Crippen LogP contribution < -0.4 is 28.4 Å². The smallest absolute Gasteiger partial charge is 0.211 e. The molecule has 10 rings (SSSR count). The summed E-state index contributed by atoms with van der Waals surface area (Å²) in [7, 11) is 9.48. The molecule has 0 aliphatic carbocycles. The van der Waals surface area contributed by atoms with Gasteiger partial charge in [-0.05, 0) is 111 Å². The molecule has 0 fully saturated rings. The first-order valence-corrected chi connectivity index (χ1v) is 26.5. The summed E-state index contributed by atoms with van der Waals surface area (Å²) < 4.78 is 31.4. The third kappa shape index (κ3) is 17.8. The Hall–Kier alpha value is -10.8. The van der Waals surface area contributed by atoms with Crippen LogP contribution in [-0.4, -0.2) is 85.9 Å². The van der Waals surface area contributed by atoms with Crippen LogP contribution in [0.15, 0.2) is 225 Å². The second kappa shape index (κ2) is 32.0. The number of aromatic hydroxyl groups is 2. The van der Waals surface area contributed by atoms with Crippen molar-refractivity contribution in [2.45, 2.75) is 19.8 Å². The molecule has 0 bridgehead atoms. The lowest BCUT2D eigenvalue weighted by molar-refractivity contribution is -0.483. The van der Waals surface area contributed by atoms with Crippen molar-refractivity contribution >= 4 is 17.6 Å². The highest BCUT2D eigenvalue weighted by molar-refractivity contribution is 6.06. The standard InChI is InChI=1S/C18H19NO5.C18H17NO2.C17H16O3.C16H13NO2.CH4/c1-23-17-9-8-14(11-18(17)24-2)15(12-19(21)22)10-16(20)13-6-4-3-5-7-13;1-20-17-9-8-14(11-18(17)21-2)15-10-16(19-12-15)13-6-4-3-5-7-13;1-19-16-11-9-13(12-17(16)20-2)8-10-15(18)14-6-4-3-5-7-14;18-15-7-6-12(9-16(15)19)13-8-14(17-10-13)11-4-2-1-3-5-11;/h3-9,11,15H,10,12H2,1-2H3;3-12,19H,1-2H3;3-12H,1-2H3;1-10,17-19H;1H4/b;;10-8+;;. The SMILES string of the molecule is C.COc1ccc(-c2c[nH]c(-c3ccccc3)c2)cc1OC.COc1ccc(/C=C/C(=O)c2ccccc2)cc1OC.COc1ccc(C(CC(=O)c2ccccc2)C[N+](=O)[O-])cc1OC.Oc1ccc(-c2c[nH]c(-c3ccccc3)c2)cc1O. The summed E-state index contributed by atoms with van der Waals surface area (Å²) in [5.74, 6) is 2.89. The van der Waals surface area contributed by atoms with Crippen LogP contribution in [0, 0.1) is 10.1 Å². The van der Waals surface area contributed by atoms with Crippen molar-refractivity contribution in [2.75, 3.05) is 49.2 Å².